The molecule has 1 rings (SSSR count). The number of nitrogens with zero attached hydrogens (tertiary/aromatic N) is 4. The SMILES string of the molecule is CCCCCCCN(CCCCCC(=O)OCC(CCCCC)CCCCC)C(=O)OCCN(CCOC(=O)N(CCCCCCC)CCCCCC(=O)OCC(CCCCC)CCCCC)CCN1CCCCC1. The van der Waals surface area contributed by atoms with E-state index >= 15 is 0 Å². The van der Waals surface area contributed by atoms with E-state index in [2.05, 4.69) is 51.3 Å². The fourth-order valence-electron chi connectivity index (χ4n) is 10.3. The number of likely N-dealkylation sites (tertiary alicyclic amines) is 1. The second-order valence-electron chi connectivity index (χ2n) is 22.5. The highest BCUT2D eigenvalue weighted by atomic mass is 16.6. The Bertz CT molecular complexity index is 1210. The Morgan fingerprint density at radius 3 is 1.07 bits per heavy atom. The molecule has 2 amide bonds. The van der Waals surface area contributed by atoms with Gasteiger partial charge in [0, 0.05) is 65.2 Å². The van der Waals surface area contributed by atoms with E-state index < -0.39 is 0 Å². The van der Waals surface area contributed by atoms with Gasteiger partial charge in [-0.3, -0.25) is 14.5 Å². The van der Waals surface area contributed by atoms with Crippen LogP contribution in [-0.4, -0.2) is 136 Å². The standard InChI is InChI=1S/C63H122N4O8/c1-7-13-19-21-34-46-66(48-36-23-30-42-60(68)74-56-58(38-26-15-9-3)39-27-16-10-4)62(70)72-54-52-65(51-50-64-44-32-25-33-45-64)53-55-73-63(71)67(47-35-22-20-14-8-2)49-37-24-31-43-61(69)75-57-59(40-28-17-11-5)41-29-18-12-6/h58-59H,7-57H2,1-6H3. The van der Waals surface area contributed by atoms with Gasteiger partial charge in [0.05, 0.1) is 13.2 Å². The molecular weight excluding hydrogens is 941 g/mol. The molecule has 12 heteroatoms. The number of hydrogen-bond acceptors (Lipinski definition) is 10. The summed E-state index contributed by atoms with van der Waals surface area (Å²) in [4.78, 5) is 61.4. The zero-order valence-electron chi connectivity index (χ0n) is 50.3. The lowest BCUT2D eigenvalue weighted by Gasteiger charge is -2.30. The van der Waals surface area contributed by atoms with Crippen molar-refractivity contribution in [3.8, 4) is 0 Å². The molecule has 1 saturated heterocycles. The zero-order chi connectivity index (χ0) is 54.7. The third-order valence-electron chi connectivity index (χ3n) is 15.5. The molecule has 0 spiro atoms. The van der Waals surface area contributed by atoms with Crippen molar-refractivity contribution in [1.82, 2.24) is 19.6 Å². The monoisotopic (exact) mass is 1060 g/mol. The molecule has 0 unspecified atom stereocenters. The molecule has 0 atom stereocenters. The van der Waals surface area contributed by atoms with E-state index in [9.17, 15) is 19.2 Å². The number of ether oxygens (including phenoxy) is 4. The van der Waals surface area contributed by atoms with Crippen molar-refractivity contribution in [2.24, 2.45) is 11.8 Å². The van der Waals surface area contributed by atoms with Crippen LogP contribution in [0, 0.1) is 11.8 Å². The zero-order valence-corrected chi connectivity index (χ0v) is 50.3. The van der Waals surface area contributed by atoms with Gasteiger partial charge in [0.25, 0.3) is 0 Å². The molecule has 0 aromatic heterocycles. The molecule has 1 aliphatic heterocycles. The minimum atomic E-state index is -0.264. The molecule has 0 aliphatic carbocycles. The Hall–Kier alpha value is -2.60. The Morgan fingerprint density at radius 1 is 0.373 bits per heavy atom. The number of carbonyl (C=O) groups excluding carboxylic acids is 4. The fourth-order valence-corrected chi connectivity index (χ4v) is 10.3. The third-order valence-corrected chi connectivity index (χ3v) is 15.5. The van der Waals surface area contributed by atoms with Crippen molar-refractivity contribution in [3.63, 3.8) is 0 Å². The molecule has 0 bridgehead atoms. The number of piperidine rings is 1. The van der Waals surface area contributed by atoms with Crippen LogP contribution >= 0.6 is 0 Å². The minimum absolute atomic E-state index is 0.0931. The van der Waals surface area contributed by atoms with Crippen LogP contribution in [0.5, 0.6) is 0 Å². The molecule has 0 aromatic carbocycles. The second kappa shape index (κ2) is 52.1. The summed E-state index contributed by atoms with van der Waals surface area (Å²) in [6.07, 6.45) is 39.3. The second-order valence-corrected chi connectivity index (χ2v) is 22.5. The van der Waals surface area contributed by atoms with Crippen LogP contribution in [-0.2, 0) is 28.5 Å². The first kappa shape index (κ1) is 70.4. The van der Waals surface area contributed by atoms with Gasteiger partial charge in [-0.1, -0.05) is 189 Å². The number of unbranched alkanes of at least 4 members (excludes halogenated alkanes) is 20. The fraction of sp³-hybridized carbons (Fsp3) is 0.937. The van der Waals surface area contributed by atoms with Gasteiger partial charge in [0.2, 0.25) is 0 Å². The third kappa shape index (κ3) is 42.1. The van der Waals surface area contributed by atoms with Gasteiger partial charge in [-0.15, -0.1) is 0 Å². The van der Waals surface area contributed by atoms with Crippen molar-refractivity contribution in [1.29, 1.82) is 0 Å². The van der Waals surface area contributed by atoms with Crippen molar-refractivity contribution in [2.75, 3.05) is 91.9 Å². The molecule has 75 heavy (non-hydrogen) atoms. The van der Waals surface area contributed by atoms with Crippen molar-refractivity contribution in [3.05, 3.63) is 0 Å². The summed E-state index contributed by atoms with van der Waals surface area (Å²) in [5.41, 5.74) is 0. The minimum Gasteiger partial charge on any atom is -0.465 e. The summed E-state index contributed by atoms with van der Waals surface area (Å²) in [5.74, 6) is 0.749. The van der Waals surface area contributed by atoms with Gasteiger partial charge < -0.3 is 33.6 Å². The summed E-state index contributed by atoms with van der Waals surface area (Å²) >= 11 is 0. The van der Waals surface area contributed by atoms with Crippen LogP contribution in [0.15, 0.2) is 0 Å². The van der Waals surface area contributed by atoms with Crippen molar-refractivity contribution < 1.29 is 38.1 Å². The number of amides is 2. The Balaban J connectivity index is 2.77. The van der Waals surface area contributed by atoms with Gasteiger partial charge in [-0.2, -0.15) is 0 Å². The van der Waals surface area contributed by atoms with Gasteiger partial charge >= 0.3 is 24.1 Å². The maximum atomic E-state index is 13.7. The number of carbonyl (C=O) groups is 4. The van der Waals surface area contributed by atoms with Crippen LogP contribution in [0.1, 0.15) is 279 Å². The van der Waals surface area contributed by atoms with Crippen LogP contribution in [0.25, 0.3) is 0 Å². The lowest BCUT2D eigenvalue weighted by Crippen LogP contribution is -2.42. The molecule has 0 aromatic rings. The van der Waals surface area contributed by atoms with E-state index in [1.54, 1.807) is 0 Å². The summed E-state index contributed by atoms with van der Waals surface area (Å²) < 4.78 is 23.6. The molecule has 0 N–H and O–H groups in total. The summed E-state index contributed by atoms with van der Waals surface area (Å²) in [6, 6.07) is 0. The van der Waals surface area contributed by atoms with E-state index in [4.69, 9.17) is 18.9 Å². The van der Waals surface area contributed by atoms with Crippen molar-refractivity contribution >= 4 is 24.1 Å². The molecule has 1 fully saturated rings. The first-order valence-electron chi connectivity index (χ1n) is 32.3. The average Bonchev–Trinajstić information content (AvgIpc) is 3.41. The topological polar surface area (TPSA) is 118 Å². The summed E-state index contributed by atoms with van der Waals surface area (Å²) in [5, 5.41) is 0. The highest BCUT2D eigenvalue weighted by Gasteiger charge is 2.20. The predicted octanol–water partition coefficient (Wildman–Crippen LogP) is 16.4. The summed E-state index contributed by atoms with van der Waals surface area (Å²) in [7, 11) is 0. The first-order valence-corrected chi connectivity index (χ1v) is 32.3. The predicted molar refractivity (Wildman–Crippen MR) is 312 cm³/mol. The molecule has 12 nitrogen and oxygen atoms in total. The van der Waals surface area contributed by atoms with E-state index in [0.717, 1.165) is 116 Å². The highest BCUT2D eigenvalue weighted by molar-refractivity contribution is 5.70. The average molecular weight is 1060 g/mol. The largest absolute Gasteiger partial charge is 0.465 e. The normalized spacial score (nSPS) is 13.0. The Kier molecular flexibility index (Phi) is 48.9. The molecule has 442 valence electrons. The lowest BCUT2D eigenvalue weighted by molar-refractivity contribution is -0.146. The van der Waals surface area contributed by atoms with Crippen molar-refractivity contribution in [2.45, 2.75) is 279 Å². The van der Waals surface area contributed by atoms with Gasteiger partial charge in [-0.25, -0.2) is 9.59 Å². The molecule has 0 radical (unpaired) electrons. The maximum Gasteiger partial charge on any atom is 0.409 e. The molecule has 1 heterocycles. The van der Waals surface area contributed by atoms with Crippen LogP contribution in [0.2, 0.25) is 0 Å². The van der Waals surface area contributed by atoms with E-state index in [1.807, 2.05) is 9.80 Å². The number of rotatable bonds is 53. The first-order chi connectivity index (χ1) is 36.7. The van der Waals surface area contributed by atoms with Gasteiger partial charge in [-0.05, 0) is 102 Å². The molecular formula is C63H122N4O8. The Morgan fingerprint density at radius 2 is 0.707 bits per heavy atom. The van der Waals surface area contributed by atoms with Crippen LogP contribution in [0.4, 0.5) is 9.59 Å². The quantitative estimate of drug-likeness (QED) is 0.0331. The van der Waals surface area contributed by atoms with Gasteiger partial charge in [0.1, 0.15) is 13.2 Å². The van der Waals surface area contributed by atoms with E-state index in [0.29, 0.717) is 77.2 Å². The number of esters is 2. The van der Waals surface area contributed by atoms with E-state index in [1.165, 1.54) is 135 Å². The highest BCUT2D eigenvalue weighted by Crippen LogP contribution is 2.21. The lowest BCUT2D eigenvalue weighted by atomic mass is 9.96. The smallest absolute Gasteiger partial charge is 0.409 e. The number of hydrogen-bond donors (Lipinski definition) is 0. The van der Waals surface area contributed by atoms with Crippen LogP contribution in [0.3, 0.4) is 0 Å². The van der Waals surface area contributed by atoms with Gasteiger partial charge in [0.15, 0.2) is 0 Å². The van der Waals surface area contributed by atoms with Crippen LogP contribution < -0.4 is 0 Å². The maximum absolute atomic E-state index is 13.7. The summed E-state index contributed by atoms with van der Waals surface area (Å²) in [6.45, 7) is 22.7. The Labute approximate surface area is 462 Å². The molecule has 0 saturated carbocycles. The molecule has 1 aliphatic rings. The van der Waals surface area contributed by atoms with E-state index in [-0.39, 0.29) is 37.3 Å².